The van der Waals surface area contributed by atoms with E-state index in [0.29, 0.717) is 11.8 Å². The van der Waals surface area contributed by atoms with Gasteiger partial charge in [0.1, 0.15) is 6.34 Å². The van der Waals surface area contributed by atoms with Gasteiger partial charge in [0.15, 0.2) is 6.29 Å². The number of hydrogen-bond acceptors (Lipinski definition) is 4. The molecule has 0 saturated carbocycles. The Morgan fingerprint density at radius 3 is 2.03 bits per heavy atom. The number of anilines is 1. The Balaban J connectivity index is 1.67. The van der Waals surface area contributed by atoms with Gasteiger partial charge in [-0.3, -0.25) is 5.01 Å². The molecule has 3 N–H and O–H groups in total. The first-order valence-corrected chi connectivity index (χ1v) is 13.2. The van der Waals surface area contributed by atoms with Gasteiger partial charge in [-0.05, 0) is 29.4 Å². The van der Waals surface area contributed by atoms with E-state index in [1.807, 2.05) is 5.01 Å². The van der Waals surface area contributed by atoms with Gasteiger partial charge in [-0.2, -0.15) is 5.43 Å². The van der Waals surface area contributed by atoms with Crippen molar-refractivity contribution in [1.29, 1.82) is 0 Å². The van der Waals surface area contributed by atoms with E-state index < -0.39 is 6.29 Å². The third-order valence-electron chi connectivity index (χ3n) is 6.28. The number of aliphatic imine (C=N–C) groups is 1. The van der Waals surface area contributed by atoms with E-state index in [1.165, 1.54) is 57.8 Å². The van der Waals surface area contributed by atoms with Crippen LogP contribution >= 0.6 is 0 Å². The third-order valence-corrected chi connectivity index (χ3v) is 6.28. The molecule has 1 aliphatic rings. The van der Waals surface area contributed by atoms with Gasteiger partial charge in [0.2, 0.25) is 0 Å². The van der Waals surface area contributed by atoms with E-state index in [2.05, 4.69) is 73.9 Å². The first kappa shape index (κ1) is 27.2. The van der Waals surface area contributed by atoms with Crippen LogP contribution in [0.4, 0.5) is 10.5 Å². The standard InChI is InChI=1S/C27H47N5O/c1-6-7-8-9-10-11-12-13-14-15-19-32-20-28-26(31-32)30-27(33)29-25-23(21(2)3)17-16-18-24(25)22(4)5/h16-18,20-22,26,31H,6-15,19H2,1-5H3,(H2,29,30,33). The minimum Gasteiger partial charge on any atom is -0.307 e. The summed E-state index contributed by atoms with van der Waals surface area (Å²) in [5.41, 5.74) is 6.48. The predicted octanol–water partition coefficient (Wildman–Crippen LogP) is 7.11. The van der Waals surface area contributed by atoms with Gasteiger partial charge in [0.25, 0.3) is 0 Å². The molecule has 1 aromatic rings. The van der Waals surface area contributed by atoms with E-state index in [1.54, 1.807) is 6.34 Å². The number of hydrazine groups is 1. The summed E-state index contributed by atoms with van der Waals surface area (Å²) in [5.74, 6) is 0.663. The number of carbonyl (C=O) groups excluding carboxylic acids is 1. The van der Waals surface area contributed by atoms with Crippen LogP contribution in [0.3, 0.4) is 0 Å². The molecular weight excluding hydrogens is 410 g/mol. The van der Waals surface area contributed by atoms with Gasteiger partial charge >= 0.3 is 6.03 Å². The molecule has 6 heteroatoms. The zero-order valence-electron chi connectivity index (χ0n) is 21.6. The molecule has 0 fully saturated rings. The lowest BCUT2D eigenvalue weighted by Gasteiger charge is -2.22. The minimum absolute atomic E-state index is 0.236. The fourth-order valence-electron chi connectivity index (χ4n) is 4.30. The highest BCUT2D eigenvalue weighted by molar-refractivity contribution is 5.91. The first-order valence-electron chi connectivity index (χ1n) is 13.2. The van der Waals surface area contributed by atoms with E-state index in [0.717, 1.165) is 29.8 Å². The Morgan fingerprint density at radius 2 is 1.48 bits per heavy atom. The molecule has 1 unspecified atom stereocenters. The van der Waals surface area contributed by atoms with Crippen LogP contribution in [-0.4, -0.2) is 30.2 Å². The summed E-state index contributed by atoms with van der Waals surface area (Å²) in [6, 6.07) is 6.02. The molecule has 0 spiro atoms. The van der Waals surface area contributed by atoms with Crippen LogP contribution in [0.5, 0.6) is 0 Å². The SMILES string of the molecule is CCCCCCCCCCCCN1C=NC(NC(=O)Nc2c(C(C)C)cccc2C(C)C)N1. The molecule has 0 aromatic heterocycles. The highest BCUT2D eigenvalue weighted by atomic mass is 16.2. The van der Waals surface area contributed by atoms with Crippen molar-refractivity contribution in [3.63, 3.8) is 0 Å². The van der Waals surface area contributed by atoms with E-state index in [-0.39, 0.29) is 6.03 Å². The molecule has 0 aliphatic carbocycles. The molecule has 1 aliphatic heterocycles. The molecule has 1 aromatic carbocycles. The molecule has 0 radical (unpaired) electrons. The second kappa shape index (κ2) is 14.9. The molecule has 186 valence electrons. The maximum atomic E-state index is 12.7. The summed E-state index contributed by atoms with van der Waals surface area (Å²) >= 11 is 0. The third kappa shape index (κ3) is 9.75. The van der Waals surface area contributed by atoms with Crippen molar-refractivity contribution < 1.29 is 4.79 Å². The van der Waals surface area contributed by atoms with Crippen molar-refractivity contribution in [2.45, 2.75) is 117 Å². The van der Waals surface area contributed by atoms with Crippen LogP contribution in [0.25, 0.3) is 0 Å². The average Bonchev–Trinajstić information content (AvgIpc) is 3.21. The molecule has 1 heterocycles. The molecule has 6 nitrogen and oxygen atoms in total. The van der Waals surface area contributed by atoms with Crippen LogP contribution in [0.1, 0.15) is 122 Å². The quantitative estimate of drug-likeness (QED) is 0.246. The first-order chi connectivity index (χ1) is 15.9. The zero-order chi connectivity index (χ0) is 24.1. The van der Waals surface area contributed by atoms with Crippen LogP contribution in [-0.2, 0) is 0 Å². The Hall–Kier alpha value is -2.08. The Morgan fingerprint density at radius 1 is 0.939 bits per heavy atom. The fraction of sp³-hybridized carbons (Fsp3) is 0.704. The number of para-hydroxylation sites is 1. The molecule has 2 rings (SSSR count). The maximum Gasteiger partial charge on any atom is 0.321 e. The molecule has 0 bridgehead atoms. The van der Waals surface area contributed by atoms with Gasteiger partial charge in [-0.25, -0.2) is 9.79 Å². The topological polar surface area (TPSA) is 68.8 Å². The highest BCUT2D eigenvalue weighted by Crippen LogP contribution is 2.32. The van der Waals surface area contributed by atoms with Gasteiger partial charge in [0.05, 0.1) is 0 Å². The number of nitrogens with zero attached hydrogens (tertiary/aromatic N) is 2. The van der Waals surface area contributed by atoms with Crippen molar-refractivity contribution in [3.05, 3.63) is 29.3 Å². The van der Waals surface area contributed by atoms with Crippen molar-refractivity contribution in [2.24, 2.45) is 4.99 Å². The van der Waals surface area contributed by atoms with Gasteiger partial charge in [0, 0.05) is 12.2 Å². The second-order valence-corrected chi connectivity index (χ2v) is 9.89. The molecule has 33 heavy (non-hydrogen) atoms. The number of unbranched alkanes of at least 4 members (excludes halogenated alkanes) is 9. The highest BCUT2D eigenvalue weighted by Gasteiger charge is 2.20. The Labute approximate surface area is 202 Å². The molecular formula is C27H47N5O. The monoisotopic (exact) mass is 457 g/mol. The van der Waals surface area contributed by atoms with E-state index >= 15 is 0 Å². The van der Waals surface area contributed by atoms with Crippen LogP contribution in [0.15, 0.2) is 23.2 Å². The number of benzene rings is 1. The Kier molecular flexibility index (Phi) is 12.3. The van der Waals surface area contributed by atoms with Gasteiger partial charge < -0.3 is 10.6 Å². The van der Waals surface area contributed by atoms with Crippen molar-refractivity contribution in [1.82, 2.24) is 15.8 Å². The molecule has 2 amide bonds. The summed E-state index contributed by atoms with van der Waals surface area (Å²) in [5, 5.41) is 8.00. The fourth-order valence-corrected chi connectivity index (χ4v) is 4.30. The summed E-state index contributed by atoms with van der Waals surface area (Å²) in [7, 11) is 0. The smallest absolute Gasteiger partial charge is 0.307 e. The number of urea groups is 1. The number of rotatable bonds is 15. The summed E-state index contributed by atoms with van der Waals surface area (Å²) in [4.78, 5) is 17.1. The summed E-state index contributed by atoms with van der Waals surface area (Å²) < 4.78 is 0. The van der Waals surface area contributed by atoms with Crippen LogP contribution < -0.4 is 16.1 Å². The van der Waals surface area contributed by atoms with Crippen LogP contribution in [0.2, 0.25) is 0 Å². The number of amides is 2. The lowest BCUT2D eigenvalue weighted by Crippen LogP contribution is -2.48. The van der Waals surface area contributed by atoms with Crippen molar-refractivity contribution in [2.75, 3.05) is 11.9 Å². The van der Waals surface area contributed by atoms with E-state index in [4.69, 9.17) is 0 Å². The lowest BCUT2D eigenvalue weighted by molar-refractivity contribution is 0.234. The van der Waals surface area contributed by atoms with Crippen molar-refractivity contribution in [3.8, 4) is 0 Å². The number of hydrogen-bond donors (Lipinski definition) is 3. The molecule has 1 atom stereocenters. The second-order valence-electron chi connectivity index (χ2n) is 9.89. The number of nitrogens with one attached hydrogen (secondary N) is 3. The molecule has 0 saturated heterocycles. The summed E-state index contributed by atoms with van der Waals surface area (Å²) in [6.07, 6.45) is 14.6. The van der Waals surface area contributed by atoms with Crippen LogP contribution in [0, 0.1) is 0 Å². The normalized spacial score (nSPS) is 15.6. The van der Waals surface area contributed by atoms with Crippen molar-refractivity contribution >= 4 is 18.1 Å². The largest absolute Gasteiger partial charge is 0.321 e. The average molecular weight is 458 g/mol. The zero-order valence-corrected chi connectivity index (χ0v) is 21.6. The Bertz CT molecular complexity index is 705. The number of carbonyl (C=O) groups is 1. The maximum absolute atomic E-state index is 12.7. The van der Waals surface area contributed by atoms with Gasteiger partial charge in [-0.15, -0.1) is 0 Å². The summed E-state index contributed by atoms with van der Waals surface area (Å²) in [6.45, 7) is 11.8. The lowest BCUT2D eigenvalue weighted by atomic mass is 9.93. The van der Waals surface area contributed by atoms with Gasteiger partial charge in [-0.1, -0.05) is 111 Å². The minimum atomic E-state index is -0.429. The van der Waals surface area contributed by atoms with E-state index in [9.17, 15) is 4.79 Å². The predicted molar refractivity (Wildman–Crippen MR) is 141 cm³/mol.